The molecule has 1 fully saturated rings. The number of halogens is 4. The van der Waals surface area contributed by atoms with E-state index in [1.54, 1.807) is 24.3 Å². The Morgan fingerprint density at radius 2 is 1.81 bits per heavy atom. The van der Waals surface area contributed by atoms with Gasteiger partial charge in [0.25, 0.3) is 5.78 Å². The van der Waals surface area contributed by atoms with Gasteiger partial charge in [-0.1, -0.05) is 28.1 Å². The van der Waals surface area contributed by atoms with Crippen molar-refractivity contribution in [1.82, 2.24) is 0 Å². The van der Waals surface area contributed by atoms with E-state index < -0.39 is 24.2 Å². The summed E-state index contributed by atoms with van der Waals surface area (Å²) in [5.41, 5.74) is 0.575. The minimum atomic E-state index is -4.82. The van der Waals surface area contributed by atoms with Crippen molar-refractivity contribution in [3.05, 3.63) is 34.3 Å². The fourth-order valence-electron chi connectivity index (χ4n) is 1.38. The van der Waals surface area contributed by atoms with E-state index >= 15 is 0 Å². The Hall–Kier alpha value is -0.880. The third kappa shape index (κ3) is 2.27. The van der Waals surface area contributed by atoms with Gasteiger partial charge in [0, 0.05) is 4.47 Å². The molecule has 0 spiro atoms. The third-order valence-electron chi connectivity index (χ3n) is 2.23. The molecule has 0 unspecified atom stereocenters. The zero-order chi connectivity index (χ0) is 11.9. The second-order valence-corrected chi connectivity index (χ2v) is 4.31. The number of epoxide rings is 1. The molecule has 1 aromatic carbocycles. The topological polar surface area (TPSA) is 29.6 Å². The van der Waals surface area contributed by atoms with Crippen molar-refractivity contribution in [2.45, 2.75) is 18.4 Å². The molecular formula is C10H6BrF3O2. The zero-order valence-electron chi connectivity index (χ0n) is 7.79. The quantitative estimate of drug-likeness (QED) is 0.785. The van der Waals surface area contributed by atoms with Crippen LogP contribution in [0.15, 0.2) is 28.7 Å². The van der Waals surface area contributed by atoms with Crippen LogP contribution in [-0.2, 0) is 9.53 Å². The number of ketones is 1. The molecule has 0 aromatic heterocycles. The van der Waals surface area contributed by atoms with Gasteiger partial charge in [-0.15, -0.1) is 0 Å². The smallest absolute Gasteiger partial charge is 0.356 e. The summed E-state index contributed by atoms with van der Waals surface area (Å²) >= 11 is 3.20. The van der Waals surface area contributed by atoms with Crippen LogP contribution in [0.25, 0.3) is 0 Å². The molecule has 0 N–H and O–H groups in total. The van der Waals surface area contributed by atoms with Crippen molar-refractivity contribution in [2.24, 2.45) is 0 Å². The fourth-order valence-corrected chi connectivity index (χ4v) is 1.64. The van der Waals surface area contributed by atoms with Crippen LogP contribution in [0, 0.1) is 0 Å². The number of benzene rings is 1. The summed E-state index contributed by atoms with van der Waals surface area (Å²) in [7, 11) is 0. The predicted octanol–water partition coefficient (Wildman–Crippen LogP) is 3.02. The summed E-state index contributed by atoms with van der Waals surface area (Å²) in [6.07, 6.45) is -6.96. The Bertz CT molecular complexity index is 413. The van der Waals surface area contributed by atoms with Crippen LogP contribution in [0.4, 0.5) is 13.2 Å². The zero-order valence-corrected chi connectivity index (χ0v) is 9.38. The molecule has 6 heteroatoms. The highest BCUT2D eigenvalue weighted by molar-refractivity contribution is 9.10. The Kier molecular flexibility index (Phi) is 2.79. The molecule has 1 aliphatic rings. The Balaban J connectivity index is 2.07. The lowest BCUT2D eigenvalue weighted by molar-refractivity contribution is -0.172. The van der Waals surface area contributed by atoms with E-state index in [1.165, 1.54) is 0 Å². The Morgan fingerprint density at radius 3 is 2.31 bits per heavy atom. The summed E-state index contributed by atoms with van der Waals surface area (Å²) in [4.78, 5) is 10.8. The maximum Gasteiger partial charge on any atom is 0.452 e. The van der Waals surface area contributed by atoms with E-state index in [0.717, 1.165) is 4.47 Å². The van der Waals surface area contributed by atoms with E-state index in [2.05, 4.69) is 15.9 Å². The summed E-state index contributed by atoms with van der Waals surface area (Å²) in [5, 5.41) is 0. The highest BCUT2D eigenvalue weighted by Crippen LogP contribution is 2.42. The van der Waals surface area contributed by atoms with Gasteiger partial charge in [-0.2, -0.15) is 13.2 Å². The van der Waals surface area contributed by atoms with Crippen LogP contribution in [0.3, 0.4) is 0 Å². The minimum Gasteiger partial charge on any atom is -0.356 e. The van der Waals surface area contributed by atoms with Crippen LogP contribution in [0.2, 0.25) is 0 Å². The average molecular weight is 295 g/mol. The lowest BCUT2D eigenvalue weighted by atomic mass is 10.1. The first-order chi connectivity index (χ1) is 7.39. The van der Waals surface area contributed by atoms with Gasteiger partial charge < -0.3 is 4.74 Å². The molecule has 0 bridgehead atoms. The fraction of sp³-hybridized carbons (Fsp3) is 0.300. The molecule has 1 aromatic rings. The van der Waals surface area contributed by atoms with E-state index in [9.17, 15) is 18.0 Å². The second-order valence-electron chi connectivity index (χ2n) is 3.39. The van der Waals surface area contributed by atoms with Gasteiger partial charge in [-0.25, -0.2) is 0 Å². The minimum absolute atomic E-state index is 0.575. The molecule has 0 radical (unpaired) electrons. The molecule has 0 aliphatic carbocycles. The van der Waals surface area contributed by atoms with Crippen LogP contribution >= 0.6 is 15.9 Å². The summed E-state index contributed by atoms with van der Waals surface area (Å²) in [5.74, 6) is -1.82. The molecule has 2 atom stereocenters. The van der Waals surface area contributed by atoms with Gasteiger partial charge in [0.15, 0.2) is 6.10 Å². The monoisotopic (exact) mass is 294 g/mol. The molecule has 0 saturated carbocycles. The van der Waals surface area contributed by atoms with Crippen LogP contribution in [0.1, 0.15) is 11.7 Å². The van der Waals surface area contributed by atoms with Gasteiger partial charge in [-0.3, -0.25) is 4.79 Å². The van der Waals surface area contributed by atoms with Crippen molar-refractivity contribution in [3.63, 3.8) is 0 Å². The SMILES string of the molecule is O=C([C@H]1O[C@@H]1c1ccc(Br)cc1)C(F)(F)F. The van der Waals surface area contributed by atoms with E-state index in [4.69, 9.17) is 4.74 Å². The van der Waals surface area contributed by atoms with E-state index in [0.29, 0.717) is 5.56 Å². The summed E-state index contributed by atoms with van der Waals surface area (Å²) in [6, 6.07) is 6.62. The third-order valence-corrected chi connectivity index (χ3v) is 2.76. The number of carbonyl (C=O) groups is 1. The van der Waals surface area contributed by atoms with Crippen molar-refractivity contribution in [3.8, 4) is 0 Å². The molecule has 2 nitrogen and oxygen atoms in total. The van der Waals surface area contributed by atoms with Crippen molar-refractivity contribution < 1.29 is 22.7 Å². The van der Waals surface area contributed by atoms with Crippen LogP contribution in [0.5, 0.6) is 0 Å². The lowest BCUT2D eigenvalue weighted by Crippen LogP contribution is -2.27. The first-order valence-electron chi connectivity index (χ1n) is 4.41. The molecule has 0 amide bonds. The molecule has 16 heavy (non-hydrogen) atoms. The standard InChI is InChI=1S/C10H6BrF3O2/c11-6-3-1-5(2-4-6)7-8(16-7)9(15)10(12,13)14/h1-4,7-8H/t7-,8+/m1/s1. The number of ether oxygens (including phenoxy) is 1. The van der Waals surface area contributed by atoms with Crippen LogP contribution in [-0.4, -0.2) is 18.1 Å². The number of hydrogen-bond donors (Lipinski definition) is 0. The highest BCUT2D eigenvalue weighted by atomic mass is 79.9. The highest BCUT2D eigenvalue weighted by Gasteiger charge is 2.56. The van der Waals surface area contributed by atoms with Crippen LogP contribution < -0.4 is 0 Å². The number of hydrogen-bond acceptors (Lipinski definition) is 2. The molecule has 1 saturated heterocycles. The average Bonchev–Trinajstić information content (AvgIpc) is 2.96. The van der Waals surface area contributed by atoms with Gasteiger partial charge in [0.1, 0.15) is 6.10 Å². The van der Waals surface area contributed by atoms with Gasteiger partial charge in [0.2, 0.25) is 0 Å². The Labute approximate surface area is 97.5 Å². The van der Waals surface area contributed by atoms with Gasteiger partial charge >= 0.3 is 6.18 Å². The molecular weight excluding hydrogens is 289 g/mol. The summed E-state index contributed by atoms with van der Waals surface area (Å²) < 4.78 is 41.7. The van der Waals surface area contributed by atoms with Gasteiger partial charge in [-0.05, 0) is 17.7 Å². The van der Waals surface area contributed by atoms with E-state index in [1.807, 2.05) is 0 Å². The second kappa shape index (κ2) is 3.85. The maximum absolute atomic E-state index is 12.1. The molecule has 2 rings (SSSR count). The van der Waals surface area contributed by atoms with Crippen molar-refractivity contribution >= 4 is 21.7 Å². The number of alkyl halides is 3. The number of Topliss-reactive ketones (excluding diaryl/α,β-unsaturated/α-hetero) is 1. The Morgan fingerprint density at radius 1 is 1.25 bits per heavy atom. The molecule has 86 valence electrons. The molecule has 1 aliphatic heterocycles. The first-order valence-corrected chi connectivity index (χ1v) is 5.21. The largest absolute Gasteiger partial charge is 0.452 e. The summed E-state index contributed by atoms with van der Waals surface area (Å²) in [6.45, 7) is 0. The van der Waals surface area contributed by atoms with Gasteiger partial charge in [0.05, 0.1) is 0 Å². The van der Waals surface area contributed by atoms with E-state index in [-0.39, 0.29) is 0 Å². The lowest BCUT2D eigenvalue weighted by Gasteiger charge is -2.01. The molecule has 1 heterocycles. The van der Waals surface area contributed by atoms with Crippen molar-refractivity contribution in [1.29, 1.82) is 0 Å². The normalized spacial score (nSPS) is 24.2. The first kappa shape index (κ1) is 11.6. The number of rotatable bonds is 2. The number of carbonyl (C=O) groups excluding carboxylic acids is 1. The predicted molar refractivity (Wildman–Crippen MR) is 52.8 cm³/mol. The maximum atomic E-state index is 12.1. The van der Waals surface area contributed by atoms with Crippen molar-refractivity contribution in [2.75, 3.05) is 0 Å².